The standard InChI is InChI=1S/C24H26N2O3S2/c1-16(2)18-6-8-19(9-7-18)24(23-5-4-14-30-23)25-31(28,29)21-10-11-22-20(15-21)12-13-26(22)17(3)27/h4-11,14-16,24-25H,12-13H2,1-3H3. The molecule has 0 spiro atoms. The Bertz CT molecular complexity index is 1180. The van der Waals surface area contributed by atoms with Crippen LogP contribution in [-0.4, -0.2) is 20.9 Å². The Morgan fingerprint density at radius 1 is 1.06 bits per heavy atom. The number of rotatable bonds is 6. The second-order valence-electron chi connectivity index (χ2n) is 8.10. The number of thiophene rings is 1. The van der Waals surface area contributed by atoms with Crippen LogP contribution in [0.1, 0.15) is 54.3 Å². The van der Waals surface area contributed by atoms with Gasteiger partial charge in [0.15, 0.2) is 0 Å². The van der Waals surface area contributed by atoms with Crippen LogP contribution >= 0.6 is 11.3 Å². The van der Waals surface area contributed by atoms with Crippen LogP contribution in [0, 0.1) is 0 Å². The van der Waals surface area contributed by atoms with Gasteiger partial charge in [0.2, 0.25) is 15.9 Å². The van der Waals surface area contributed by atoms with Gasteiger partial charge in [0.25, 0.3) is 0 Å². The van der Waals surface area contributed by atoms with Crippen LogP contribution < -0.4 is 9.62 Å². The summed E-state index contributed by atoms with van der Waals surface area (Å²) in [4.78, 5) is 14.6. The molecule has 2 heterocycles. The number of hydrogen-bond donors (Lipinski definition) is 1. The first-order valence-corrected chi connectivity index (χ1v) is 12.7. The van der Waals surface area contributed by atoms with Crippen molar-refractivity contribution in [2.45, 2.75) is 44.0 Å². The zero-order chi connectivity index (χ0) is 22.2. The predicted molar refractivity (Wildman–Crippen MR) is 125 cm³/mol. The highest BCUT2D eigenvalue weighted by atomic mass is 32.2. The molecular formula is C24H26N2O3S2. The smallest absolute Gasteiger partial charge is 0.241 e. The van der Waals surface area contributed by atoms with E-state index in [1.807, 2.05) is 29.6 Å². The molecular weight excluding hydrogens is 428 g/mol. The number of amides is 1. The summed E-state index contributed by atoms with van der Waals surface area (Å²) in [6.45, 7) is 6.38. The summed E-state index contributed by atoms with van der Waals surface area (Å²) in [6, 6.07) is 16.5. The number of nitrogens with zero attached hydrogens (tertiary/aromatic N) is 1. The maximum Gasteiger partial charge on any atom is 0.241 e. The van der Waals surface area contributed by atoms with Crippen molar-refractivity contribution < 1.29 is 13.2 Å². The molecule has 1 aliphatic rings. The minimum atomic E-state index is -3.77. The summed E-state index contributed by atoms with van der Waals surface area (Å²) in [5, 5.41) is 1.95. The van der Waals surface area contributed by atoms with E-state index in [4.69, 9.17) is 0 Å². The number of carbonyl (C=O) groups excluding carboxylic acids is 1. The van der Waals surface area contributed by atoms with Crippen LogP contribution in [0.2, 0.25) is 0 Å². The first-order chi connectivity index (χ1) is 14.8. The number of fused-ring (bicyclic) bond motifs is 1. The van der Waals surface area contributed by atoms with E-state index in [0.29, 0.717) is 18.9 Å². The van der Waals surface area contributed by atoms with Crippen LogP contribution in [0.4, 0.5) is 5.69 Å². The Morgan fingerprint density at radius 2 is 1.77 bits per heavy atom. The second-order valence-corrected chi connectivity index (χ2v) is 10.8. The van der Waals surface area contributed by atoms with Crippen molar-refractivity contribution in [3.8, 4) is 0 Å². The van der Waals surface area contributed by atoms with Crippen LogP contribution in [0.15, 0.2) is 64.9 Å². The molecule has 0 aliphatic carbocycles. The largest absolute Gasteiger partial charge is 0.312 e. The summed E-state index contributed by atoms with van der Waals surface area (Å²) in [5.41, 5.74) is 3.79. The summed E-state index contributed by atoms with van der Waals surface area (Å²) in [6.07, 6.45) is 0.656. The van der Waals surface area contributed by atoms with Gasteiger partial charge in [-0.15, -0.1) is 11.3 Å². The minimum absolute atomic E-state index is 0.0323. The SMILES string of the molecule is CC(=O)N1CCc2cc(S(=O)(=O)NC(c3ccc(C(C)C)cc3)c3cccs3)ccc21. The van der Waals surface area contributed by atoms with E-state index < -0.39 is 16.1 Å². The number of nitrogens with one attached hydrogen (secondary N) is 1. The normalized spacial score (nSPS) is 14.6. The van der Waals surface area contributed by atoms with Crippen molar-refractivity contribution in [1.82, 2.24) is 4.72 Å². The van der Waals surface area contributed by atoms with Gasteiger partial charge in [0.1, 0.15) is 0 Å². The van der Waals surface area contributed by atoms with E-state index in [1.54, 1.807) is 23.1 Å². The molecule has 1 aromatic heterocycles. The third-order valence-electron chi connectivity index (χ3n) is 5.67. The van der Waals surface area contributed by atoms with Crippen molar-refractivity contribution >= 4 is 33.0 Å². The Morgan fingerprint density at radius 3 is 2.39 bits per heavy atom. The van der Waals surface area contributed by atoms with Gasteiger partial charge in [0, 0.05) is 24.0 Å². The van der Waals surface area contributed by atoms with Crippen LogP contribution in [-0.2, 0) is 21.2 Å². The third kappa shape index (κ3) is 4.44. The highest BCUT2D eigenvalue weighted by Crippen LogP contribution is 2.32. The molecule has 1 atom stereocenters. The molecule has 31 heavy (non-hydrogen) atoms. The van der Waals surface area contributed by atoms with Crippen LogP contribution in [0.25, 0.3) is 0 Å². The molecule has 0 bridgehead atoms. The minimum Gasteiger partial charge on any atom is -0.312 e. The molecule has 1 amide bonds. The van der Waals surface area contributed by atoms with Gasteiger partial charge < -0.3 is 4.90 Å². The molecule has 1 unspecified atom stereocenters. The average molecular weight is 455 g/mol. The van der Waals surface area contributed by atoms with Gasteiger partial charge in [-0.2, -0.15) is 4.72 Å². The quantitative estimate of drug-likeness (QED) is 0.579. The van der Waals surface area contributed by atoms with Crippen molar-refractivity contribution in [3.63, 3.8) is 0 Å². The monoisotopic (exact) mass is 454 g/mol. The lowest BCUT2D eigenvalue weighted by Crippen LogP contribution is -2.29. The Hall–Kier alpha value is -2.48. The highest BCUT2D eigenvalue weighted by Gasteiger charge is 2.27. The highest BCUT2D eigenvalue weighted by molar-refractivity contribution is 7.89. The molecule has 0 saturated carbocycles. The molecule has 162 valence electrons. The van der Waals surface area contributed by atoms with Gasteiger partial charge >= 0.3 is 0 Å². The van der Waals surface area contributed by atoms with E-state index in [-0.39, 0.29) is 10.8 Å². The molecule has 3 aromatic rings. The van der Waals surface area contributed by atoms with E-state index in [0.717, 1.165) is 21.7 Å². The molecule has 4 rings (SSSR count). The van der Waals surface area contributed by atoms with Gasteiger partial charge in [0.05, 0.1) is 10.9 Å². The van der Waals surface area contributed by atoms with Crippen LogP contribution in [0.5, 0.6) is 0 Å². The molecule has 0 radical (unpaired) electrons. The van der Waals surface area contributed by atoms with E-state index in [1.165, 1.54) is 23.8 Å². The van der Waals surface area contributed by atoms with Gasteiger partial charge in [-0.25, -0.2) is 8.42 Å². The molecule has 2 aromatic carbocycles. The van der Waals surface area contributed by atoms with Gasteiger partial charge in [-0.3, -0.25) is 4.79 Å². The first-order valence-electron chi connectivity index (χ1n) is 10.3. The van der Waals surface area contributed by atoms with Crippen molar-refractivity contribution in [3.05, 3.63) is 81.5 Å². The number of sulfonamides is 1. The molecule has 7 heteroatoms. The molecule has 0 saturated heterocycles. The van der Waals surface area contributed by atoms with Gasteiger partial charge in [-0.05, 0) is 58.7 Å². The zero-order valence-electron chi connectivity index (χ0n) is 17.8. The number of hydrogen-bond acceptors (Lipinski definition) is 4. The van der Waals surface area contributed by atoms with E-state index in [2.05, 4.69) is 30.7 Å². The lowest BCUT2D eigenvalue weighted by Gasteiger charge is -2.20. The molecule has 0 fully saturated rings. The van der Waals surface area contributed by atoms with Crippen molar-refractivity contribution in [1.29, 1.82) is 0 Å². The predicted octanol–water partition coefficient (Wildman–Crippen LogP) is 4.85. The number of benzene rings is 2. The van der Waals surface area contributed by atoms with E-state index >= 15 is 0 Å². The first kappa shape index (κ1) is 21.7. The number of carbonyl (C=O) groups is 1. The van der Waals surface area contributed by atoms with Crippen molar-refractivity contribution in [2.75, 3.05) is 11.4 Å². The topological polar surface area (TPSA) is 66.5 Å². The summed E-state index contributed by atoms with van der Waals surface area (Å²) < 4.78 is 29.5. The maximum atomic E-state index is 13.3. The zero-order valence-corrected chi connectivity index (χ0v) is 19.5. The summed E-state index contributed by atoms with van der Waals surface area (Å²) >= 11 is 1.52. The molecule has 5 nitrogen and oxygen atoms in total. The Labute approximate surface area is 187 Å². The van der Waals surface area contributed by atoms with Crippen LogP contribution in [0.3, 0.4) is 0 Å². The van der Waals surface area contributed by atoms with E-state index in [9.17, 15) is 13.2 Å². The maximum absolute atomic E-state index is 13.3. The average Bonchev–Trinajstić information content (AvgIpc) is 3.41. The summed E-state index contributed by atoms with van der Waals surface area (Å²) in [5.74, 6) is 0.377. The molecule has 1 N–H and O–H groups in total. The summed E-state index contributed by atoms with van der Waals surface area (Å²) in [7, 11) is -3.77. The molecule has 1 aliphatic heterocycles. The Balaban J connectivity index is 1.66. The Kier molecular flexibility index (Phi) is 6.01. The third-order valence-corrected chi connectivity index (χ3v) is 8.03. The second kappa shape index (κ2) is 8.57. The fourth-order valence-corrected chi connectivity index (χ4v) is 6.05. The fraction of sp³-hybridized carbons (Fsp3) is 0.292. The number of anilines is 1. The van der Waals surface area contributed by atoms with Gasteiger partial charge in [-0.1, -0.05) is 44.2 Å². The van der Waals surface area contributed by atoms with Crippen molar-refractivity contribution in [2.24, 2.45) is 0 Å². The lowest BCUT2D eigenvalue weighted by atomic mass is 9.99. The lowest BCUT2D eigenvalue weighted by molar-refractivity contribution is -0.116. The fourth-order valence-electron chi connectivity index (χ4n) is 3.91.